The molecule has 3 saturated carbocycles. The highest BCUT2D eigenvalue weighted by molar-refractivity contribution is 5.86. The van der Waals surface area contributed by atoms with E-state index in [-0.39, 0.29) is 5.41 Å². The van der Waals surface area contributed by atoms with Crippen molar-refractivity contribution in [2.75, 3.05) is 0 Å². The van der Waals surface area contributed by atoms with E-state index in [1.807, 2.05) is 78.9 Å². The van der Waals surface area contributed by atoms with Crippen LogP contribution < -0.4 is 0 Å². The molecule has 1 heterocycles. The first-order valence-electron chi connectivity index (χ1n) is 17.6. The Morgan fingerprint density at radius 2 is 1.08 bits per heavy atom. The third kappa shape index (κ3) is 6.07. The molecular weight excluding hydrogens is 597 g/mol. The lowest BCUT2D eigenvalue weighted by atomic mass is 9.58. The number of aromatic nitrogens is 3. The van der Waals surface area contributed by atoms with Crippen molar-refractivity contribution in [2.45, 2.75) is 51.4 Å². The van der Waals surface area contributed by atoms with Gasteiger partial charge in [0.1, 0.15) is 0 Å². The Morgan fingerprint density at radius 3 is 1.76 bits per heavy atom. The van der Waals surface area contributed by atoms with Crippen molar-refractivity contribution in [1.82, 2.24) is 15.0 Å². The van der Waals surface area contributed by atoms with Crippen LogP contribution in [0.25, 0.3) is 56.4 Å². The number of nitriles is 1. The van der Waals surface area contributed by atoms with Gasteiger partial charge in [0.05, 0.1) is 11.6 Å². The predicted molar refractivity (Wildman–Crippen MR) is 198 cm³/mol. The van der Waals surface area contributed by atoms with E-state index < -0.39 is 0 Å². The molecular formula is C45H40N4. The quantitative estimate of drug-likeness (QED) is 0.182. The lowest BCUT2D eigenvalue weighted by Gasteiger charge is -2.47. The third-order valence-corrected chi connectivity index (χ3v) is 10.8. The van der Waals surface area contributed by atoms with Crippen molar-refractivity contribution >= 4 is 0 Å². The Balaban J connectivity index is 1.23. The topological polar surface area (TPSA) is 62.5 Å². The summed E-state index contributed by atoms with van der Waals surface area (Å²) in [6.45, 7) is 4.95. The van der Waals surface area contributed by atoms with Crippen LogP contribution in [0, 0.1) is 29.1 Å². The lowest BCUT2D eigenvalue weighted by molar-refractivity contribution is 0.0834. The molecule has 0 aliphatic heterocycles. The first kappa shape index (κ1) is 30.9. The molecule has 4 nitrogen and oxygen atoms in total. The summed E-state index contributed by atoms with van der Waals surface area (Å²) in [4.78, 5) is 15.3. The number of hydrogen-bond acceptors (Lipinski definition) is 4. The van der Waals surface area contributed by atoms with Crippen molar-refractivity contribution in [1.29, 1.82) is 5.26 Å². The maximum Gasteiger partial charge on any atom is 0.164 e. The van der Waals surface area contributed by atoms with Crippen LogP contribution in [-0.2, 0) is 5.41 Å². The van der Waals surface area contributed by atoms with Gasteiger partial charge in [-0.15, -0.1) is 0 Å². The van der Waals surface area contributed by atoms with Gasteiger partial charge < -0.3 is 0 Å². The fourth-order valence-corrected chi connectivity index (χ4v) is 8.65. The van der Waals surface area contributed by atoms with E-state index >= 15 is 0 Å². The smallest absolute Gasteiger partial charge is 0.164 e. The van der Waals surface area contributed by atoms with Gasteiger partial charge in [-0.05, 0) is 83.6 Å². The van der Waals surface area contributed by atoms with Crippen LogP contribution in [0.4, 0.5) is 0 Å². The molecule has 1 unspecified atom stereocenters. The van der Waals surface area contributed by atoms with Gasteiger partial charge in [0, 0.05) is 22.3 Å². The molecule has 2 atom stereocenters. The fraction of sp³-hybridized carbons (Fsp3) is 0.244. The molecule has 3 aliphatic rings. The van der Waals surface area contributed by atoms with Crippen molar-refractivity contribution in [2.24, 2.45) is 17.8 Å². The third-order valence-electron chi connectivity index (χ3n) is 10.8. The van der Waals surface area contributed by atoms with Crippen molar-refractivity contribution < 1.29 is 0 Å². The summed E-state index contributed by atoms with van der Waals surface area (Å²) in [6.07, 6.45) is 6.76. The molecule has 3 aliphatic carbocycles. The second-order valence-corrected chi connectivity index (χ2v) is 14.5. The molecule has 0 spiro atoms. The van der Waals surface area contributed by atoms with Gasteiger partial charge in [-0.3, -0.25) is 0 Å². The lowest BCUT2D eigenvalue weighted by Crippen LogP contribution is -2.38. The molecule has 0 radical (unpaired) electrons. The molecule has 9 rings (SSSR count). The van der Waals surface area contributed by atoms with Crippen LogP contribution in [-0.4, -0.2) is 15.0 Å². The minimum Gasteiger partial charge on any atom is -0.208 e. The average molecular weight is 637 g/mol. The van der Waals surface area contributed by atoms with Crippen LogP contribution in [0.2, 0.25) is 0 Å². The zero-order chi connectivity index (χ0) is 33.4. The van der Waals surface area contributed by atoms with Gasteiger partial charge in [-0.1, -0.05) is 135 Å². The highest BCUT2D eigenvalue weighted by Crippen LogP contribution is 2.51. The predicted octanol–water partition coefficient (Wildman–Crippen LogP) is 11.2. The molecule has 5 aromatic carbocycles. The van der Waals surface area contributed by atoms with Crippen LogP contribution in [0.15, 0.2) is 127 Å². The first-order valence-corrected chi connectivity index (χ1v) is 17.6. The zero-order valence-corrected chi connectivity index (χ0v) is 28.2. The van der Waals surface area contributed by atoms with E-state index in [9.17, 15) is 5.26 Å². The summed E-state index contributed by atoms with van der Waals surface area (Å²) in [7, 11) is 0. The van der Waals surface area contributed by atoms with Crippen molar-refractivity contribution in [3.8, 4) is 62.5 Å². The second-order valence-electron chi connectivity index (χ2n) is 14.5. The first-order chi connectivity index (χ1) is 24.0. The number of nitrogens with zero attached hydrogens (tertiary/aromatic N) is 4. The standard InChI is InChI=1S/C45H40N4/c1-30-24-31-25-32(26-31)28-45(2,27-30)36-22-20-33(21-23-36)37-15-8-10-18-40(37)43-47-42(34-12-4-3-5-13-34)48-44(49-43)41-19-11-9-17-39(41)38-16-7-6-14-35(38)29-46/h3-23,30-32H,24-28H2,1-2H3/t30-,31?,32?,45?/m0/s1. The molecule has 0 amide bonds. The Kier molecular flexibility index (Phi) is 8.14. The number of fused-ring (bicyclic) bond motifs is 4. The maximum atomic E-state index is 9.93. The minimum atomic E-state index is 0.207. The average Bonchev–Trinajstić information content (AvgIpc) is 3.13. The summed E-state index contributed by atoms with van der Waals surface area (Å²) in [5, 5.41) is 9.93. The van der Waals surface area contributed by atoms with Gasteiger partial charge in [0.2, 0.25) is 0 Å². The van der Waals surface area contributed by atoms with Crippen LogP contribution in [0.3, 0.4) is 0 Å². The molecule has 0 saturated heterocycles. The largest absolute Gasteiger partial charge is 0.208 e. The molecule has 240 valence electrons. The molecule has 6 aromatic rings. The number of rotatable bonds is 6. The van der Waals surface area contributed by atoms with Crippen LogP contribution in [0.1, 0.15) is 57.1 Å². The highest BCUT2D eigenvalue weighted by atomic mass is 15.0. The normalized spacial score (nSPS) is 21.5. The van der Waals surface area contributed by atoms with Crippen LogP contribution in [0.5, 0.6) is 0 Å². The van der Waals surface area contributed by atoms with Gasteiger partial charge in [-0.25, -0.2) is 15.0 Å². The van der Waals surface area contributed by atoms with Gasteiger partial charge >= 0.3 is 0 Å². The molecule has 2 bridgehead atoms. The summed E-state index contributed by atoms with van der Waals surface area (Å²) in [5.74, 6) is 4.39. The Bertz CT molecular complexity index is 2150. The summed E-state index contributed by atoms with van der Waals surface area (Å²) >= 11 is 0. The maximum absolute atomic E-state index is 9.93. The van der Waals surface area contributed by atoms with Gasteiger partial charge in [0.25, 0.3) is 0 Å². The molecule has 4 heteroatoms. The molecule has 3 fully saturated rings. The Labute approximate surface area is 289 Å². The van der Waals surface area contributed by atoms with Crippen LogP contribution >= 0.6 is 0 Å². The SMILES string of the molecule is C[C@H]1CC2CC(C2)CC(C)(c2ccc(-c3ccccc3-c3nc(-c4ccccc4)nc(-c4ccccc4-c4ccccc4C#N)n3)cc2)C1. The van der Waals surface area contributed by atoms with E-state index in [0.717, 1.165) is 56.7 Å². The van der Waals surface area contributed by atoms with Gasteiger partial charge in [-0.2, -0.15) is 5.26 Å². The van der Waals surface area contributed by atoms with Gasteiger partial charge in [0.15, 0.2) is 17.5 Å². The van der Waals surface area contributed by atoms with E-state index in [1.165, 1.54) is 37.7 Å². The Morgan fingerprint density at radius 1 is 0.531 bits per heavy atom. The Hall–Kier alpha value is -5.40. The number of benzene rings is 5. The summed E-state index contributed by atoms with van der Waals surface area (Å²) in [5.41, 5.74) is 9.01. The summed E-state index contributed by atoms with van der Waals surface area (Å²) in [6, 6.07) is 45.9. The van der Waals surface area contributed by atoms with E-state index in [1.54, 1.807) is 0 Å². The molecule has 49 heavy (non-hydrogen) atoms. The summed E-state index contributed by atoms with van der Waals surface area (Å²) < 4.78 is 0. The molecule has 0 N–H and O–H groups in total. The monoisotopic (exact) mass is 636 g/mol. The van der Waals surface area contributed by atoms with E-state index in [0.29, 0.717) is 23.0 Å². The zero-order valence-electron chi connectivity index (χ0n) is 28.2. The molecule has 1 aromatic heterocycles. The second kappa shape index (κ2) is 12.9. The van der Waals surface area contributed by atoms with E-state index in [2.05, 4.69) is 68.4 Å². The number of hydrogen-bond donors (Lipinski definition) is 0. The van der Waals surface area contributed by atoms with Crippen molar-refractivity contribution in [3.05, 3.63) is 139 Å². The van der Waals surface area contributed by atoms with E-state index in [4.69, 9.17) is 15.0 Å². The van der Waals surface area contributed by atoms with Crippen molar-refractivity contribution in [3.63, 3.8) is 0 Å². The fourth-order valence-electron chi connectivity index (χ4n) is 8.65. The minimum absolute atomic E-state index is 0.207. The highest BCUT2D eigenvalue weighted by Gasteiger charge is 2.41.